The highest BCUT2D eigenvalue weighted by Gasteiger charge is 2.39. The molecule has 0 saturated heterocycles. The highest BCUT2D eigenvalue weighted by atomic mass is 16.2. The number of nitrogens with two attached hydrogens (primary N) is 1. The maximum atomic E-state index is 12.1. The van der Waals surface area contributed by atoms with E-state index < -0.39 is 0 Å². The Balaban J connectivity index is 0.00000121. The van der Waals surface area contributed by atoms with Gasteiger partial charge in [-0.25, -0.2) is 0 Å². The number of rotatable bonds is 6. The Morgan fingerprint density at radius 1 is 1.29 bits per heavy atom. The minimum Gasteiger partial charge on any atom is -0.356 e. The summed E-state index contributed by atoms with van der Waals surface area (Å²) in [7, 11) is 0. The van der Waals surface area contributed by atoms with Crippen molar-refractivity contribution in [1.29, 1.82) is 0 Å². The summed E-state index contributed by atoms with van der Waals surface area (Å²) in [5.41, 5.74) is 5.48. The van der Waals surface area contributed by atoms with Crippen LogP contribution in [0.3, 0.4) is 0 Å². The largest absolute Gasteiger partial charge is 0.356 e. The van der Waals surface area contributed by atoms with Gasteiger partial charge in [0.1, 0.15) is 0 Å². The van der Waals surface area contributed by atoms with Crippen molar-refractivity contribution in [2.45, 2.75) is 65.7 Å². The molecule has 3 heteroatoms. The quantitative estimate of drug-likeness (QED) is 0.704. The van der Waals surface area contributed by atoms with Crippen LogP contribution in [0.25, 0.3) is 0 Å². The van der Waals surface area contributed by atoms with Gasteiger partial charge in [0, 0.05) is 6.54 Å². The van der Waals surface area contributed by atoms with Crippen LogP contribution in [0.2, 0.25) is 0 Å². The van der Waals surface area contributed by atoms with Crippen LogP contribution in [-0.4, -0.2) is 19.0 Å². The number of carbonyl (C=O) groups excluding carboxylic acids is 1. The lowest BCUT2D eigenvalue weighted by Gasteiger charge is -2.27. The minimum atomic E-state index is -0.123. The molecule has 3 nitrogen and oxygen atoms in total. The standard InChI is InChI=1S/C12H24N2O.C2H6/c1-2-3-10-14-11(15)12(8-9-13)6-4-5-7-12;1-2/h2-10,13H2,1H3,(H,14,15);1-2H3. The zero-order valence-corrected chi connectivity index (χ0v) is 11.8. The smallest absolute Gasteiger partial charge is 0.226 e. The molecule has 0 spiro atoms. The van der Waals surface area contributed by atoms with Crippen molar-refractivity contribution in [1.82, 2.24) is 5.32 Å². The summed E-state index contributed by atoms with van der Waals surface area (Å²) in [4.78, 5) is 12.1. The van der Waals surface area contributed by atoms with Crippen molar-refractivity contribution in [2.24, 2.45) is 11.1 Å². The van der Waals surface area contributed by atoms with Gasteiger partial charge in [-0.15, -0.1) is 0 Å². The lowest BCUT2D eigenvalue weighted by atomic mass is 9.81. The van der Waals surface area contributed by atoms with Gasteiger partial charge >= 0.3 is 0 Å². The molecule has 0 heterocycles. The maximum Gasteiger partial charge on any atom is 0.226 e. The SMILES string of the molecule is CC.CCCCNC(=O)C1(CCN)CCCC1. The molecule has 0 unspecified atom stereocenters. The first-order chi connectivity index (χ1) is 8.25. The van der Waals surface area contributed by atoms with Crippen LogP contribution in [0, 0.1) is 5.41 Å². The lowest BCUT2D eigenvalue weighted by Crippen LogP contribution is -2.40. The van der Waals surface area contributed by atoms with E-state index in [9.17, 15) is 4.79 Å². The van der Waals surface area contributed by atoms with E-state index in [2.05, 4.69) is 12.2 Å². The topological polar surface area (TPSA) is 55.1 Å². The first kappa shape index (κ1) is 16.4. The fraction of sp³-hybridized carbons (Fsp3) is 0.929. The summed E-state index contributed by atoms with van der Waals surface area (Å²) in [6, 6.07) is 0. The molecular formula is C14H30N2O. The molecule has 1 saturated carbocycles. The molecule has 1 fully saturated rings. The molecule has 0 aromatic rings. The van der Waals surface area contributed by atoms with Crippen LogP contribution in [-0.2, 0) is 4.79 Å². The van der Waals surface area contributed by atoms with Gasteiger partial charge in [-0.2, -0.15) is 0 Å². The van der Waals surface area contributed by atoms with Crippen molar-refractivity contribution in [2.75, 3.05) is 13.1 Å². The molecule has 0 radical (unpaired) electrons. The van der Waals surface area contributed by atoms with E-state index in [1.165, 1.54) is 12.8 Å². The summed E-state index contributed by atoms with van der Waals surface area (Å²) in [5.74, 6) is 0.249. The molecule has 0 aliphatic heterocycles. The summed E-state index contributed by atoms with van der Waals surface area (Å²) >= 11 is 0. The predicted molar refractivity (Wildman–Crippen MR) is 73.8 cm³/mol. The molecule has 1 aliphatic rings. The molecule has 1 rings (SSSR count). The summed E-state index contributed by atoms with van der Waals surface area (Å²) in [5, 5.41) is 3.06. The van der Waals surface area contributed by atoms with Crippen LogP contribution in [0.5, 0.6) is 0 Å². The molecule has 17 heavy (non-hydrogen) atoms. The van der Waals surface area contributed by atoms with E-state index in [0.717, 1.165) is 38.6 Å². The average Bonchev–Trinajstić information content (AvgIpc) is 2.82. The minimum absolute atomic E-state index is 0.123. The number of hydrogen-bond acceptors (Lipinski definition) is 2. The van der Waals surface area contributed by atoms with Gasteiger partial charge in [0.25, 0.3) is 0 Å². The molecule has 1 amide bonds. The van der Waals surface area contributed by atoms with Crippen molar-refractivity contribution >= 4 is 5.91 Å². The average molecular weight is 242 g/mol. The summed E-state index contributed by atoms with van der Waals surface area (Å²) in [6.07, 6.45) is 7.48. The van der Waals surface area contributed by atoms with Gasteiger partial charge in [-0.1, -0.05) is 40.0 Å². The fourth-order valence-electron chi connectivity index (χ4n) is 2.48. The number of carbonyl (C=O) groups is 1. The second-order valence-corrected chi connectivity index (χ2v) is 4.64. The van der Waals surface area contributed by atoms with Gasteiger partial charge in [-0.3, -0.25) is 4.79 Å². The third-order valence-electron chi connectivity index (χ3n) is 3.48. The Morgan fingerprint density at radius 3 is 2.35 bits per heavy atom. The normalized spacial score (nSPS) is 17.2. The van der Waals surface area contributed by atoms with Crippen LogP contribution in [0.15, 0.2) is 0 Å². The Kier molecular flexibility index (Phi) is 9.14. The van der Waals surface area contributed by atoms with E-state index in [1.807, 2.05) is 13.8 Å². The molecule has 1 aliphatic carbocycles. The van der Waals surface area contributed by atoms with Gasteiger partial charge in [0.15, 0.2) is 0 Å². The van der Waals surface area contributed by atoms with E-state index in [1.54, 1.807) is 0 Å². The monoisotopic (exact) mass is 242 g/mol. The molecule has 0 aromatic carbocycles. The van der Waals surface area contributed by atoms with Crippen LogP contribution < -0.4 is 11.1 Å². The van der Waals surface area contributed by atoms with Crippen molar-refractivity contribution < 1.29 is 4.79 Å². The number of nitrogens with one attached hydrogen (secondary N) is 1. The van der Waals surface area contributed by atoms with Gasteiger partial charge in [-0.05, 0) is 32.2 Å². The summed E-state index contributed by atoms with van der Waals surface area (Å²) in [6.45, 7) is 7.58. The first-order valence-corrected chi connectivity index (χ1v) is 7.23. The molecule has 3 N–H and O–H groups in total. The van der Waals surface area contributed by atoms with Crippen molar-refractivity contribution in [3.63, 3.8) is 0 Å². The highest BCUT2D eigenvalue weighted by molar-refractivity contribution is 5.82. The van der Waals surface area contributed by atoms with Crippen molar-refractivity contribution in [3.8, 4) is 0 Å². The van der Waals surface area contributed by atoms with E-state index in [-0.39, 0.29) is 11.3 Å². The van der Waals surface area contributed by atoms with Crippen LogP contribution in [0.1, 0.15) is 65.7 Å². The zero-order valence-electron chi connectivity index (χ0n) is 11.8. The van der Waals surface area contributed by atoms with Gasteiger partial charge < -0.3 is 11.1 Å². The Bertz CT molecular complexity index is 198. The van der Waals surface area contributed by atoms with Crippen molar-refractivity contribution in [3.05, 3.63) is 0 Å². The number of amides is 1. The second kappa shape index (κ2) is 9.46. The molecular weight excluding hydrogens is 212 g/mol. The molecule has 102 valence electrons. The second-order valence-electron chi connectivity index (χ2n) is 4.64. The van der Waals surface area contributed by atoms with E-state index >= 15 is 0 Å². The van der Waals surface area contributed by atoms with E-state index in [0.29, 0.717) is 6.54 Å². The third kappa shape index (κ3) is 5.07. The molecule has 0 atom stereocenters. The number of unbranched alkanes of at least 4 members (excludes halogenated alkanes) is 1. The zero-order chi connectivity index (χ0) is 13.1. The van der Waals surface area contributed by atoms with Crippen LogP contribution >= 0.6 is 0 Å². The summed E-state index contributed by atoms with van der Waals surface area (Å²) < 4.78 is 0. The van der Waals surface area contributed by atoms with Crippen LogP contribution in [0.4, 0.5) is 0 Å². The predicted octanol–water partition coefficient (Wildman–Crippen LogP) is 2.84. The molecule has 0 bridgehead atoms. The number of hydrogen-bond donors (Lipinski definition) is 2. The van der Waals surface area contributed by atoms with E-state index in [4.69, 9.17) is 5.73 Å². The maximum absolute atomic E-state index is 12.1. The molecule has 0 aromatic heterocycles. The lowest BCUT2D eigenvalue weighted by molar-refractivity contribution is -0.131. The van der Waals surface area contributed by atoms with Gasteiger partial charge in [0.05, 0.1) is 5.41 Å². The third-order valence-corrected chi connectivity index (χ3v) is 3.48. The Labute approximate surface area is 107 Å². The highest BCUT2D eigenvalue weighted by Crippen LogP contribution is 2.40. The Morgan fingerprint density at radius 2 is 1.88 bits per heavy atom. The Hall–Kier alpha value is -0.570. The first-order valence-electron chi connectivity index (χ1n) is 7.23. The fourth-order valence-corrected chi connectivity index (χ4v) is 2.48. The van der Waals surface area contributed by atoms with Gasteiger partial charge in [0.2, 0.25) is 5.91 Å².